The number of hydrogen-bond acceptors (Lipinski definition) is 3. The maximum absolute atomic E-state index is 6.39. The van der Waals surface area contributed by atoms with Crippen LogP contribution in [0.15, 0.2) is 72.8 Å². The van der Waals surface area contributed by atoms with E-state index in [-0.39, 0.29) is 0 Å². The molecule has 0 aliphatic carbocycles. The van der Waals surface area contributed by atoms with Crippen molar-refractivity contribution in [1.82, 2.24) is 0 Å². The molecule has 6 aromatic rings. The molecule has 140 valence electrons. The number of benzene rings is 3. The Morgan fingerprint density at radius 1 is 0.586 bits per heavy atom. The van der Waals surface area contributed by atoms with E-state index in [1.807, 2.05) is 64.3 Å². The molecule has 0 saturated carbocycles. The summed E-state index contributed by atoms with van der Waals surface area (Å²) in [5.41, 5.74) is 3.55. The Kier molecular flexibility index (Phi) is 4.22. The molecule has 3 aromatic heterocycles. The van der Waals surface area contributed by atoms with Gasteiger partial charge < -0.3 is 0 Å². The van der Waals surface area contributed by atoms with Gasteiger partial charge in [0.05, 0.1) is 8.03 Å². The van der Waals surface area contributed by atoms with Gasteiger partial charge in [-0.2, -0.15) is 0 Å². The third-order valence-electron chi connectivity index (χ3n) is 5.07. The molecule has 0 spiro atoms. The zero-order valence-electron chi connectivity index (χ0n) is 14.9. The fourth-order valence-electron chi connectivity index (χ4n) is 3.88. The van der Waals surface area contributed by atoms with Gasteiger partial charge in [-0.1, -0.05) is 65.7 Å². The Morgan fingerprint density at radius 2 is 1.28 bits per heavy atom. The first-order valence-corrected chi connectivity index (χ1v) is 12.3. The van der Waals surface area contributed by atoms with E-state index < -0.39 is 0 Å². The predicted molar refractivity (Wildman–Crippen MR) is 133 cm³/mol. The summed E-state index contributed by atoms with van der Waals surface area (Å²) in [7, 11) is 0. The van der Waals surface area contributed by atoms with Gasteiger partial charge in [-0.25, -0.2) is 0 Å². The Bertz CT molecular complexity index is 1530. The van der Waals surface area contributed by atoms with Crippen LogP contribution in [0.2, 0.25) is 10.0 Å². The molecule has 0 bridgehead atoms. The molecule has 3 heterocycles. The van der Waals surface area contributed by atoms with E-state index in [4.69, 9.17) is 23.2 Å². The lowest BCUT2D eigenvalue weighted by molar-refractivity contribution is 1.66. The topological polar surface area (TPSA) is 0 Å². The molecule has 29 heavy (non-hydrogen) atoms. The minimum Gasteiger partial charge on any atom is -0.124 e. The van der Waals surface area contributed by atoms with Gasteiger partial charge in [0.15, 0.2) is 0 Å². The van der Waals surface area contributed by atoms with Crippen molar-refractivity contribution in [1.29, 1.82) is 0 Å². The molecular weight excluding hydrogens is 455 g/mol. The molecular formula is C24H12Cl2S3. The van der Waals surface area contributed by atoms with Crippen molar-refractivity contribution in [3.05, 3.63) is 82.8 Å². The standard InChI is InChI=1S/C24H12Cl2S3/c25-15-7-3-5-13(11-15)19-21-20-17-9-1-2-10-18(17)27-23(20)29-24(21)28-22(19)14-6-4-8-16(26)12-14/h1-12H. The average molecular weight is 467 g/mol. The maximum atomic E-state index is 6.39. The Labute approximate surface area is 189 Å². The highest BCUT2D eigenvalue weighted by atomic mass is 35.5. The number of halogens is 2. The first kappa shape index (κ1) is 17.9. The van der Waals surface area contributed by atoms with E-state index in [9.17, 15) is 0 Å². The molecule has 0 radical (unpaired) electrons. The summed E-state index contributed by atoms with van der Waals surface area (Å²) in [4.78, 5) is 1.24. The van der Waals surface area contributed by atoms with E-state index in [1.165, 1.54) is 39.3 Å². The van der Waals surface area contributed by atoms with Crippen molar-refractivity contribution >= 4 is 86.1 Å². The third kappa shape index (κ3) is 2.84. The second-order valence-corrected chi connectivity index (χ2v) is 11.3. The number of fused-ring (bicyclic) bond motifs is 5. The van der Waals surface area contributed by atoms with Gasteiger partial charge in [-0.3, -0.25) is 0 Å². The van der Waals surface area contributed by atoms with Crippen molar-refractivity contribution in [2.75, 3.05) is 0 Å². The van der Waals surface area contributed by atoms with Crippen molar-refractivity contribution in [2.24, 2.45) is 0 Å². The summed E-state index contributed by atoms with van der Waals surface area (Å²) < 4.78 is 4.07. The molecule has 0 atom stereocenters. The number of thiophene rings is 3. The SMILES string of the molecule is Clc1cccc(-c2sc3sc4sc5ccccc5c4c3c2-c2cccc(Cl)c2)c1. The highest BCUT2D eigenvalue weighted by Crippen LogP contribution is 2.54. The molecule has 0 aliphatic rings. The van der Waals surface area contributed by atoms with Crippen LogP contribution in [0, 0.1) is 0 Å². The van der Waals surface area contributed by atoms with E-state index >= 15 is 0 Å². The van der Waals surface area contributed by atoms with Gasteiger partial charge in [0.25, 0.3) is 0 Å². The summed E-state index contributed by atoms with van der Waals surface area (Å²) in [5.74, 6) is 0. The lowest BCUT2D eigenvalue weighted by Gasteiger charge is -2.07. The van der Waals surface area contributed by atoms with Crippen LogP contribution in [0.5, 0.6) is 0 Å². The van der Waals surface area contributed by atoms with Crippen LogP contribution in [-0.4, -0.2) is 0 Å². The van der Waals surface area contributed by atoms with Crippen LogP contribution in [-0.2, 0) is 0 Å². The zero-order valence-corrected chi connectivity index (χ0v) is 18.9. The van der Waals surface area contributed by atoms with Gasteiger partial charge >= 0.3 is 0 Å². The van der Waals surface area contributed by atoms with Crippen molar-refractivity contribution in [3.63, 3.8) is 0 Å². The average Bonchev–Trinajstić information content (AvgIpc) is 3.35. The van der Waals surface area contributed by atoms with E-state index in [0.29, 0.717) is 0 Å². The first-order chi connectivity index (χ1) is 14.2. The summed E-state index contributed by atoms with van der Waals surface area (Å²) >= 11 is 18.3. The van der Waals surface area contributed by atoms with Crippen LogP contribution in [0.25, 0.3) is 50.5 Å². The van der Waals surface area contributed by atoms with Crippen molar-refractivity contribution in [2.45, 2.75) is 0 Å². The molecule has 3 aromatic carbocycles. The normalized spacial score (nSPS) is 11.8. The molecule has 0 fully saturated rings. The molecule has 0 saturated heterocycles. The lowest BCUT2D eigenvalue weighted by atomic mass is 9.98. The van der Waals surface area contributed by atoms with Gasteiger partial charge in [-0.15, -0.1) is 34.0 Å². The molecule has 0 amide bonds. The number of hydrogen-bond donors (Lipinski definition) is 0. The second-order valence-electron chi connectivity index (χ2n) is 6.85. The van der Waals surface area contributed by atoms with Crippen molar-refractivity contribution in [3.8, 4) is 21.6 Å². The molecule has 0 aliphatic heterocycles. The molecule has 5 heteroatoms. The monoisotopic (exact) mass is 466 g/mol. The highest BCUT2D eigenvalue weighted by molar-refractivity contribution is 7.51. The zero-order chi connectivity index (χ0) is 19.5. The smallest absolute Gasteiger partial charge is 0.0899 e. The predicted octanol–water partition coefficient (Wildman–Crippen LogP) is 9.97. The molecule has 0 nitrogen and oxygen atoms in total. The molecule has 0 unspecified atom stereocenters. The Balaban J connectivity index is 1.79. The Hall–Kier alpha value is -1.88. The fourth-order valence-corrected chi connectivity index (χ4v) is 8.56. The fraction of sp³-hybridized carbons (Fsp3) is 0. The molecule has 6 rings (SSSR count). The maximum Gasteiger partial charge on any atom is 0.0899 e. The minimum absolute atomic E-state index is 0.751. The summed E-state index contributed by atoms with van der Waals surface area (Å²) in [6, 6.07) is 25.0. The lowest BCUT2D eigenvalue weighted by Crippen LogP contribution is -1.81. The summed E-state index contributed by atoms with van der Waals surface area (Å²) in [6.07, 6.45) is 0. The Morgan fingerprint density at radius 3 is 2.07 bits per heavy atom. The first-order valence-electron chi connectivity index (χ1n) is 9.07. The van der Waals surface area contributed by atoms with E-state index in [0.717, 1.165) is 21.2 Å². The van der Waals surface area contributed by atoms with Crippen LogP contribution in [0.3, 0.4) is 0 Å². The summed E-state index contributed by atoms with van der Waals surface area (Å²) in [5, 5.41) is 5.54. The minimum atomic E-state index is 0.751. The van der Waals surface area contributed by atoms with Crippen LogP contribution < -0.4 is 0 Å². The van der Waals surface area contributed by atoms with Crippen LogP contribution >= 0.6 is 57.2 Å². The second kappa shape index (κ2) is 6.83. The van der Waals surface area contributed by atoms with Gasteiger partial charge in [-0.05, 0) is 41.5 Å². The van der Waals surface area contributed by atoms with E-state index in [1.54, 1.807) is 0 Å². The largest absolute Gasteiger partial charge is 0.124 e. The van der Waals surface area contributed by atoms with Gasteiger partial charge in [0, 0.05) is 41.3 Å². The third-order valence-corrected chi connectivity index (χ3v) is 9.32. The van der Waals surface area contributed by atoms with Crippen LogP contribution in [0.1, 0.15) is 0 Å². The number of rotatable bonds is 2. The molecule has 0 N–H and O–H groups in total. The van der Waals surface area contributed by atoms with Gasteiger partial charge in [0.2, 0.25) is 0 Å². The quantitative estimate of drug-likeness (QED) is 0.238. The van der Waals surface area contributed by atoms with E-state index in [2.05, 4.69) is 42.5 Å². The summed E-state index contributed by atoms with van der Waals surface area (Å²) in [6.45, 7) is 0. The van der Waals surface area contributed by atoms with Crippen molar-refractivity contribution < 1.29 is 0 Å². The van der Waals surface area contributed by atoms with Crippen LogP contribution in [0.4, 0.5) is 0 Å². The highest BCUT2D eigenvalue weighted by Gasteiger charge is 2.22. The van der Waals surface area contributed by atoms with Gasteiger partial charge in [0.1, 0.15) is 0 Å².